The standard InChI is InChI=1S/C18H21FN2O/c1-18(2,3)16(12-4-8-14(19)9-5-12)21-17(22)13-6-10-15(20)11-7-13/h4-11,16H,20H2,1-3H3,(H,21,22). The van der Waals surface area contributed by atoms with Crippen LogP contribution in [-0.2, 0) is 0 Å². The molecule has 0 saturated heterocycles. The first-order valence-electron chi connectivity index (χ1n) is 7.19. The molecular weight excluding hydrogens is 279 g/mol. The van der Waals surface area contributed by atoms with Gasteiger partial charge in [-0.25, -0.2) is 4.39 Å². The molecule has 1 unspecified atom stereocenters. The third-order valence-electron chi connectivity index (χ3n) is 3.52. The molecule has 22 heavy (non-hydrogen) atoms. The average molecular weight is 300 g/mol. The number of benzene rings is 2. The zero-order chi connectivity index (χ0) is 16.3. The number of rotatable bonds is 3. The van der Waals surface area contributed by atoms with Crippen LogP contribution in [0.1, 0.15) is 42.7 Å². The quantitative estimate of drug-likeness (QED) is 0.844. The van der Waals surface area contributed by atoms with Gasteiger partial charge >= 0.3 is 0 Å². The van der Waals surface area contributed by atoms with Crippen molar-refractivity contribution in [1.82, 2.24) is 5.32 Å². The zero-order valence-corrected chi connectivity index (χ0v) is 13.1. The maximum absolute atomic E-state index is 13.1. The van der Waals surface area contributed by atoms with E-state index in [1.807, 2.05) is 20.8 Å². The minimum Gasteiger partial charge on any atom is -0.399 e. The van der Waals surface area contributed by atoms with Gasteiger partial charge in [0.15, 0.2) is 0 Å². The van der Waals surface area contributed by atoms with Gasteiger partial charge in [-0.3, -0.25) is 4.79 Å². The fourth-order valence-electron chi connectivity index (χ4n) is 2.30. The molecule has 0 radical (unpaired) electrons. The number of anilines is 1. The summed E-state index contributed by atoms with van der Waals surface area (Å²) in [5.41, 5.74) is 7.46. The van der Waals surface area contributed by atoms with Crippen LogP contribution in [0.4, 0.5) is 10.1 Å². The summed E-state index contributed by atoms with van der Waals surface area (Å²) in [4.78, 5) is 12.4. The summed E-state index contributed by atoms with van der Waals surface area (Å²) in [5, 5.41) is 3.03. The first-order valence-corrected chi connectivity index (χ1v) is 7.19. The highest BCUT2D eigenvalue weighted by molar-refractivity contribution is 5.94. The molecular formula is C18H21FN2O. The molecule has 0 aliphatic heterocycles. The minimum absolute atomic E-state index is 0.177. The Morgan fingerprint density at radius 1 is 1.05 bits per heavy atom. The van der Waals surface area contributed by atoms with Crippen molar-refractivity contribution < 1.29 is 9.18 Å². The Bertz CT molecular complexity index is 642. The van der Waals surface area contributed by atoms with Crippen molar-refractivity contribution >= 4 is 11.6 Å². The number of hydrogen-bond donors (Lipinski definition) is 2. The van der Waals surface area contributed by atoms with Gasteiger partial charge in [0.1, 0.15) is 5.82 Å². The fraction of sp³-hybridized carbons (Fsp3) is 0.278. The van der Waals surface area contributed by atoms with Crippen LogP contribution >= 0.6 is 0 Å². The molecule has 0 aliphatic rings. The maximum Gasteiger partial charge on any atom is 0.251 e. The molecule has 4 heteroatoms. The molecule has 3 N–H and O–H groups in total. The maximum atomic E-state index is 13.1. The molecule has 0 spiro atoms. The molecule has 116 valence electrons. The molecule has 0 bridgehead atoms. The molecule has 1 amide bonds. The fourth-order valence-corrected chi connectivity index (χ4v) is 2.30. The zero-order valence-electron chi connectivity index (χ0n) is 13.1. The van der Waals surface area contributed by atoms with Crippen LogP contribution in [0.3, 0.4) is 0 Å². The normalized spacial score (nSPS) is 12.7. The van der Waals surface area contributed by atoms with E-state index in [1.165, 1.54) is 12.1 Å². The van der Waals surface area contributed by atoms with Crippen molar-refractivity contribution in [3.63, 3.8) is 0 Å². The van der Waals surface area contributed by atoms with Gasteiger partial charge in [0.2, 0.25) is 0 Å². The van der Waals surface area contributed by atoms with Crippen molar-refractivity contribution in [2.24, 2.45) is 5.41 Å². The number of nitrogens with one attached hydrogen (secondary N) is 1. The van der Waals surface area contributed by atoms with Gasteiger partial charge in [-0.1, -0.05) is 32.9 Å². The molecule has 0 fully saturated rings. The summed E-state index contributed by atoms with van der Waals surface area (Å²) in [6, 6.07) is 12.8. The minimum atomic E-state index is -0.290. The lowest BCUT2D eigenvalue weighted by Crippen LogP contribution is -2.36. The van der Waals surface area contributed by atoms with Gasteiger partial charge < -0.3 is 11.1 Å². The smallest absolute Gasteiger partial charge is 0.251 e. The van der Waals surface area contributed by atoms with Gasteiger partial charge in [0.05, 0.1) is 6.04 Å². The van der Waals surface area contributed by atoms with Crippen molar-refractivity contribution in [3.8, 4) is 0 Å². The van der Waals surface area contributed by atoms with Crippen molar-refractivity contribution in [1.29, 1.82) is 0 Å². The molecule has 2 aromatic carbocycles. The average Bonchev–Trinajstić information content (AvgIpc) is 2.45. The van der Waals surface area contributed by atoms with Gasteiger partial charge in [-0.05, 0) is 47.4 Å². The third-order valence-corrected chi connectivity index (χ3v) is 3.52. The summed E-state index contributed by atoms with van der Waals surface area (Å²) < 4.78 is 13.1. The van der Waals surface area contributed by atoms with E-state index in [4.69, 9.17) is 5.73 Å². The van der Waals surface area contributed by atoms with Gasteiger partial charge in [0.25, 0.3) is 5.91 Å². The van der Waals surface area contributed by atoms with Crippen LogP contribution in [0.15, 0.2) is 48.5 Å². The second-order valence-electron chi connectivity index (χ2n) is 6.45. The van der Waals surface area contributed by atoms with Crippen LogP contribution in [0.2, 0.25) is 0 Å². The first-order chi connectivity index (χ1) is 10.3. The van der Waals surface area contributed by atoms with Crippen LogP contribution in [-0.4, -0.2) is 5.91 Å². The Hall–Kier alpha value is -2.36. The Labute approximate surface area is 130 Å². The number of nitrogens with two attached hydrogens (primary N) is 1. The second kappa shape index (κ2) is 6.18. The number of carbonyl (C=O) groups is 1. The lowest BCUT2D eigenvalue weighted by molar-refractivity contribution is 0.0902. The first kappa shape index (κ1) is 16.0. The van der Waals surface area contributed by atoms with Crippen LogP contribution in [0.5, 0.6) is 0 Å². The number of amides is 1. The number of carbonyl (C=O) groups excluding carboxylic acids is 1. The van der Waals surface area contributed by atoms with E-state index in [-0.39, 0.29) is 23.2 Å². The summed E-state index contributed by atoms with van der Waals surface area (Å²) in [5.74, 6) is -0.467. The number of nitrogen functional groups attached to an aromatic ring is 1. The summed E-state index contributed by atoms with van der Waals surface area (Å²) in [7, 11) is 0. The number of hydrogen-bond acceptors (Lipinski definition) is 2. The van der Waals surface area contributed by atoms with Crippen molar-refractivity contribution in [2.75, 3.05) is 5.73 Å². The highest BCUT2D eigenvalue weighted by Crippen LogP contribution is 2.33. The van der Waals surface area contributed by atoms with E-state index in [9.17, 15) is 9.18 Å². The monoisotopic (exact) mass is 300 g/mol. The molecule has 2 rings (SSSR count). The molecule has 0 aromatic heterocycles. The van der Waals surface area contributed by atoms with Gasteiger partial charge in [0, 0.05) is 11.3 Å². The lowest BCUT2D eigenvalue weighted by atomic mass is 9.82. The van der Waals surface area contributed by atoms with E-state index < -0.39 is 0 Å². The summed E-state index contributed by atoms with van der Waals surface area (Å²) in [6.07, 6.45) is 0. The second-order valence-corrected chi connectivity index (χ2v) is 6.45. The predicted molar refractivity (Wildman–Crippen MR) is 86.9 cm³/mol. The number of halogens is 1. The Balaban J connectivity index is 2.25. The van der Waals surface area contributed by atoms with Crippen LogP contribution in [0.25, 0.3) is 0 Å². The van der Waals surface area contributed by atoms with Crippen molar-refractivity contribution in [3.05, 3.63) is 65.5 Å². The molecule has 1 atom stereocenters. The van der Waals surface area contributed by atoms with Gasteiger partial charge in [-0.2, -0.15) is 0 Å². The Morgan fingerprint density at radius 3 is 2.09 bits per heavy atom. The van der Waals surface area contributed by atoms with Crippen LogP contribution in [0, 0.1) is 11.2 Å². The predicted octanol–water partition coefficient (Wildman–Crippen LogP) is 3.93. The highest BCUT2D eigenvalue weighted by Gasteiger charge is 2.28. The third kappa shape index (κ3) is 3.85. The van der Waals surface area contributed by atoms with E-state index in [0.29, 0.717) is 11.3 Å². The molecule has 3 nitrogen and oxygen atoms in total. The topological polar surface area (TPSA) is 55.1 Å². The van der Waals surface area contributed by atoms with E-state index >= 15 is 0 Å². The van der Waals surface area contributed by atoms with E-state index in [2.05, 4.69) is 5.32 Å². The molecule has 2 aromatic rings. The van der Waals surface area contributed by atoms with Crippen LogP contribution < -0.4 is 11.1 Å². The van der Waals surface area contributed by atoms with E-state index in [0.717, 1.165) is 5.56 Å². The molecule has 0 aliphatic carbocycles. The Kier molecular flexibility index (Phi) is 4.50. The van der Waals surface area contributed by atoms with Crippen molar-refractivity contribution in [2.45, 2.75) is 26.8 Å². The molecule has 0 heterocycles. The van der Waals surface area contributed by atoms with Gasteiger partial charge in [-0.15, -0.1) is 0 Å². The Morgan fingerprint density at radius 2 is 1.59 bits per heavy atom. The summed E-state index contributed by atoms with van der Waals surface area (Å²) >= 11 is 0. The highest BCUT2D eigenvalue weighted by atomic mass is 19.1. The molecule has 0 saturated carbocycles. The summed E-state index contributed by atoms with van der Waals surface area (Å²) in [6.45, 7) is 6.10. The SMILES string of the molecule is CC(C)(C)C(NC(=O)c1ccc(N)cc1)c1ccc(F)cc1. The van der Waals surface area contributed by atoms with E-state index in [1.54, 1.807) is 36.4 Å². The largest absolute Gasteiger partial charge is 0.399 e. The lowest BCUT2D eigenvalue weighted by Gasteiger charge is -2.32.